The highest BCUT2D eigenvalue weighted by Crippen LogP contribution is 2.23. The molecule has 4 heteroatoms. The van der Waals surface area contributed by atoms with E-state index in [9.17, 15) is 4.79 Å². The molecular formula is C12H14N2OS. The average Bonchev–Trinajstić information content (AvgIpc) is 2.63. The number of hydrogen-bond acceptors (Lipinski definition) is 3. The van der Waals surface area contributed by atoms with Crippen molar-refractivity contribution in [3.63, 3.8) is 0 Å². The first kappa shape index (κ1) is 11.1. The molecule has 0 aliphatic carbocycles. The molecule has 0 radical (unpaired) electrons. The van der Waals surface area contributed by atoms with E-state index in [1.165, 1.54) is 0 Å². The van der Waals surface area contributed by atoms with Gasteiger partial charge in [-0.2, -0.15) is 0 Å². The molecule has 1 aromatic carbocycles. The van der Waals surface area contributed by atoms with Crippen molar-refractivity contribution in [3.05, 3.63) is 23.7 Å². The second-order valence-electron chi connectivity index (χ2n) is 4.74. The minimum atomic E-state index is -0.372. The number of amides is 1. The summed E-state index contributed by atoms with van der Waals surface area (Å²) < 4.78 is 1.09. The van der Waals surface area contributed by atoms with Gasteiger partial charge < -0.3 is 5.32 Å². The van der Waals surface area contributed by atoms with Crippen LogP contribution >= 0.6 is 11.3 Å². The third-order valence-corrected chi connectivity index (χ3v) is 3.06. The van der Waals surface area contributed by atoms with Gasteiger partial charge in [-0.1, -0.05) is 20.8 Å². The minimum Gasteiger partial charge on any atom is -0.326 e. The van der Waals surface area contributed by atoms with Gasteiger partial charge in [0.15, 0.2) is 0 Å². The van der Waals surface area contributed by atoms with Crippen LogP contribution in [0.1, 0.15) is 20.8 Å². The van der Waals surface area contributed by atoms with Gasteiger partial charge in [-0.15, -0.1) is 11.3 Å². The Morgan fingerprint density at radius 3 is 2.81 bits per heavy atom. The summed E-state index contributed by atoms with van der Waals surface area (Å²) >= 11 is 1.57. The van der Waals surface area contributed by atoms with Gasteiger partial charge in [0.1, 0.15) is 0 Å². The van der Waals surface area contributed by atoms with Crippen LogP contribution in [0.15, 0.2) is 23.7 Å². The molecule has 0 aliphatic heterocycles. The van der Waals surface area contributed by atoms with Crippen molar-refractivity contribution >= 4 is 33.1 Å². The van der Waals surface area contributed by atoms with E-state index in [2.05, 4.69) is 10.3 Å². The highest BCUT2D eigenvalue weighted by Gasteiger charge is 2.21. The molecule has 0 atom stereocenters. The largest absolute Gasteiger partial charge is 0.326 e. The molecule has 0 unspecified atom stereocenters. The normalized spacial score (nSPS) is 11.7. The van der Waals surface area contributed by atoms with E-state index in [-0.39, 0.29) is 11.3 Å². The molecule has 1 aromatic heterocycles. The number of rotatable bonds is 1. The maximum atomic E-state index is 11.8. The molecule has 1 amide bonds. The maximum absolute atomic E-state index is 11.8. The lowest BCUT2D eigenvalue weighted by molar-refractivity contribution is -0.123. The van der Waals surface area contributed by atoms with E-state index < -0.39 is 0 Å². The van der Waals surface area contributed by atoms with Crippen LogP contribution in [-0.4, -0.2) is 10.9 Å². The number of anilines is 1. The first-order valence-corrected chi connectivity index (χ1v) is 5.99. The van der Waals surface area contributed by atoms with E-state index in [0.29, 0.717) is 0 Å². The molecule has 1 heterocycles. The molecule has 0 fully saturated rings. The number of benzene rings is 1. The molecule has 0 saturated carbocycles. The third-order valence-electron chi connectivity index (χ3n) is 2.27. The van der Waals surface area contributed by atoms with Crippen molar-refractivity contribution in [2.75, 3.05) is 5.32 Å². The topological polar surface area (TPSA) is 42.0 Å². The van der Waals surface area contributed by atoms with Crippen LogP contribution in [0.4, 0.5) is 5.69 Å². The fraction of sp³-hybridized carbons (Fsp3) is 0.333. The highest BCUT2D eigenvalue weighted by molar-refractivity contribution is 7.16. The summed E-state index contributed by atoms with van der Waals surface area (Å²) in [5.74, 6) is 0.0244. The summed E-state index contributed by atoms with van der Waals surface area (Å²) in [6.07, 6.45) is 0. The van der Waals surface area contributed by atoms with Gasteiger partial charge in [0.05, 0.1) is 15.7 Å². The Hall–Kier alpha value is -1.42. The summed E-state index contributed by atoms with van der Waals surface area (Å²) in [5.41, 5.74) is 3.23. The smallest absolute Gasteiger partial charge is 0.229 e. The summed E-state index contributed by atoms with van der Waals surface area (Å²) in [4.78, 5) is 16.0. The van der Waals surface area contributed by atoms with Gasteiger partial charge in [0.25, 0.3) is 0 Å². The van der Waals surface area contributed by atoms with Crippen LogP contribution in [0.5, 0.6) is 0 Å². The van der Waals surface area contributed by atoms with Gasteiger partial charge in [0.2, 0.25) is 5.91 Å². The zero-order valence-corrected chi connectivity index (χ0v) is 10.4. The SMILES string of the molecule is CC(C)(C)C(=O)Nc1ccc2ncsc2c1. The molecular weight excluding hydrogens is 220 g/mol. The lowest BCUT2D eigenvalue weighted by Gasteiger charge is -2.17. The molecule has 2 aromatic rings. The number of hydrogen-bond donors (Lipinski definition) is 1. The number of nitrogens with one attached hydrogen (secondary N) is 1. The van der Waals surface area contributed by atoms with Crippen LogP contribution in [0, 0.1) is 5.41 Å². The van der Waals surface area contributed by atoms with E-state index in [0.717, 1.165) is 15.9 Å². The van der Waals surface area contributed by atoms with Gasteiger partial charge in [-0.25, -0.2) is 4.98 Å². The van der Waals surface area contributed by atoms with Crippen molar-refractivity contribution in [3.8, 4) is 0 Å². The van der Waals surface area contributed by atoms with E-state index >= 15 is 0 Å². The lowest BCUT2D eigenvalue weighted by atomic mass is 9.95. The van der Waals surface area contributed by atoms with E-state index in [4.69, 9.17) is 0 Å². The molecule has 16 heavy (non-hydrogen) atoms. The molecule has 1 N–H and O–H groups in total. The van der Waals surface area contributed by atoms with Crippen molar-refractivity contribution < 1.29 is 4.79 Å². The lowest BCUT2D eigenvalue weighted by Crippen LogP contribution is -2.27. The molecule has 3 nitrogen and oxygen atoms in total. The standard InChI is InChI=1S/C12H14N2OS/c1-12(2,3)11(15)14-8-4-5-9-10(6-8)16-7-13-9/h4-7H,1-3H3,(H,14,15). The predicted octanol–water partition coefficient (Wildman–Crippen LogP) is 3.28. The summed E-state index contributed by atoms with van der Waals surface area (Å²) in [6.45, 7) is 5.69. The Kier molecular flexibility index (Phi) is 2.68. The average molecular weight is 234 g/mol. The molecule has 0 saturated heterocycles. The molecule has 0 bridgehead atoms. The number of carbonyl (C=O) groups excluding carboxylic acids is 1. The first-order chi connectivity index (χ1) is 7.47. The maximum Gasteiger partial charge on any atom is 0.229 e. The molecule has 84 valence electrons. The number of thiazole rings is 1. The Bertz CT molecular complexity index is 525. The molecule has 0 aliphatic rings. The minimum absolute atomic E-state index is 0.0244. The predicted molar refractivity (Wildman–Crippen MR) is 67.7 cm³/mol. The fourth-order valence-electron chi connectivity index (χ4n) is 1.25. The highest BCUT2D eigenvalue weighted by atomic mass is 32.1. The number of aromatic nitrogens is 1. The molecule has 2 rings (SSSR count). The van der Waals surface area contributed by atoms with Crippen LogP contribution in [0.2, 0.25) is 0 Å². The number of nitrogens with zero attached hydrogens (tertiary/aromatic N) is 1. The molecule has 0 spiro atoms. The Labute approximate surface area is 98.5 Å². The summed E-state index contributed by atoms with van der Waals surface area (Å²) in [6, 6.07) is 5.76. The van der Waals surface area contributed by atoms with Crippen LogP contribution in [0.3, 0.4) is 0 Å². The van der Waals surface area contributed by atoms with Crippen LogP contribution in [0.25, 0.3) is 10.2 Å². The zero-order valence-electron chi connectivity index (χ0n) is 9.57. The van der Waals surface area contributed by atoms with Crippen molar-refractivity contribution in [1.82, 2.24) is 4.98 Å². The summed E-state index contributed by atoms with van der Waals surface area (Å²) in [7, 11) is 0. The third kappa shape index (κ3) is 2.22. The van der Waals surface area contributed by atoms with Crippen LogP contribution < -0.4 is 5.32 Å². The van der Waals surface area contributed by atoms with Crippen LogP contribution in [-0.2, 0) is 4.79 Å². The fourth-order valence-corrected chi connectivity index (χ4v) is 1.97. The zero-order chi connectivity index (χ0) is 11.8. The van der Waals surface area contributed by atoms with Gasteiger partial charge in [-0.3, -0.25) is 4.79 Å². The summed E-state index contributed by atoms with van der Waals surface area (Å²) in [5, 5.41) is 2.90. The van der Waals surface area contributed by atoms with Gasteiger partial charge in [0, 0.05) is 11.1 Å². The Morgan fingerprint density at radius 1 is 1.38 bits per heavy atom. The quantitative estimate of drug-likeness (QED) is 0.822. The Balaban J connectivity index is 2.24. The Morgan fingerprint density at radius 2 is 2.12 bits per heavy atom. The number of fused-ring (bicyclic) bond motifs is 1. The first-order valence-electron chi connectivity index (χ1n) is 5.11. The monoisotopic (exact) mass is 234 g/mol. The van der Waals surface area contributed by atoms with Crippen molar-refractivity contribution in [2.45, 2.75) is 20.8 Å². The second-order valence-corrected chi connectivity index (χ2v) is 5.63. The van der Waals surface area contributed by atoms with Gasteiger partial charge in [-0.05, 0) is 18.2 Å². The second kappa shape index (κ2) is 3.87. The van der Waals surface area contributed by atoms with Crippen molar-refractivity contribution in [2.24, 2.45) is 5.41 Å². The van der Waals surface area contributed by atoms with E-state index in [1.54, 1.807) is 16.8 Å². The number of carbonyl (C=O) groups is 1. The van der Waals surface area contributed by atoms with E-state index in [1.807, 2.05) is 39.0 Å². The van der Waals surface area contributed by atoms with Crippen molar-refractivity contribution in [1.29, 1.82) is 0 Å². The van der Waals surface area contributed by atoms with Gasteiger partial charge >= 0.3 is 0 Å².